The second-order valence-electron chi connectivity index (χ2n) is 7.24. The van der Waals surface area contributed by atoms with Crippen molar-refractivity contribution in [3.63, 3.8) is 0 Å². The van der Waals surface area contributed by atoms with Crippen molar-refractivity contribution in [1.29, 1.82) is 0 Å². The molecule has 0 aliphatic heterocycles. The molecule has 0 radical (unpaired) electrons. The van der Waals surface area contributed by atoms with E-state index >= 15 is 0 Å². The molecule has 4 rings (SSSR count). The van der Waals surface area contributed by atoms with Gasteiger partial charge in [-0.05, 0) is 35.9 Å². The molecule has 0 atom stereocenters. The van der Waals surface area contributed by atoms with Gasteiger partial charge < -0.3 is 14.8 Å². The van der Waals surface area contributed by atoms with Gasteiger partial charge in [0.05, 0.1) is 0 Å². The standard InChI is InChI=1S/C27H24N2O3/c30-27(23-12-6-13-25(16-23)31-20-22-10-7-15-28-17-22)29-18-24-11-4-5-14-26(24)32-19-21-8-2-1-3-9-21/h1-17H,18-20H2,(H,29,30). The molecule has 1 heterocycles. The molecule has 0 aliphatic rings. The zero-order valence-electron chi connectivity index (χ0n) is 17.6. The van der Waals surface area contributed by atoms with Gasteiger partial charge in [0.2, 0.25) is 0 Å². The van der Waals surface area contributed by atoms with E-state index in [9.17, 15) is 4.79 Å². The summed E-state index contributed by atoms with van der Waals surface area (Å²) in [4.78, 5) is 16.8. The van der Waals surface area contributed by atoms with E-state index in [1.54, 1.807) is 24.5 Å². The lowest BCUT2D eigenvalue weighted by atomic mass is 10.1. The van der Waals surface area contributed by atoms with Crippen molar-refractivity contribution in [2.45, 2.75) is 19.8 Å². The van der Waals surface area contributed by atoms with Gasteiger partial charge in [-0.3, -0.25) is 9.78 Å². The van der Waals surface area contributed by atoms with Crippen molar-refractivity contribution in [2.24, 2.45) is 0 Å². The zero-order chi connectivity index (χ0) is 22.0. The van der Waals surface area contributed by atoms with Crippen LogP contribution in [0.2, 0.25) is 0 Å². The van der Waals surface area contributed by atoms with Crippen LogP contribution in [0.1, 0.15) is 27.0 Å². The van der Waals surface area contributed by atoms with E-state index in [1.165, 1.54) is 0 Å². The average Bonchev–Trinajstić information content (AvgIpc) is 2.86. The van der Waals surface area contributed by atoms with Crippen LogP contribution in [0.25, 0.3) is 0 Å². The molecule has 1 aromatic heterocycles. The molecule has 3 aromatic carbocycles. The van der Waals surface area contributed by atoms with Crippen LogP contribution >= 0.6 is 0 Å². The van der Waals surface area contributed by atoms with Crippen LogP contribution in [-0.4, -0.2) is 10.9 Å². The van der Waals surface area contributed by atoms with Crippen LogP contribution in [-0.2, 0) is 19.8 Å². The summed E-state index contributed by atoms with van der Waals surface area (Å²) < 4.78 is 11.8. The maximum atomic E-state index is 12.7. The van der Waals surface area contributed by atoms with Gasteiger partial charge in [-0.25, -0.2) is 0 Å². The lowest BCUT2D eigenvalue weighted by molar-refractivity contribution is 0.0950. The third-order valence-electron chi connectivity index (χ3n) is 4.87. The number of ether oxygens (including phenoxy) is 2. The third kappa shape index (κ3) is 5.95. The highest BCUT2D eigenvalue weighted by atomic mass is 16.5. The Morgan fingerprint density at radius 3 is 2.41 bits per heavy atom. The quantitative estimate of drug-likeness (QED) is 0.403. The fourth-order valence-electron chi connectivity index (χ4n) is 3.18. The molecule has 0 saturated carbocycles. The summed E-state index contributed by atoms with van der Waals surface area (Å²) in [5.41, 5.74) is 3.51. The first-order valence-electron chi connectivity index (χ1n) is 10.4. The lowest BCUT2D eigenvalue weighted by Gasteiger charge is -2.13. The molecule has 1 amide bonds. The first-order valence-corrected chi connectivity index (χ1v) is 10.4. The van der Waals surface area contributed by atoms with E-state index in [0.29, 0.717) is 31.1 Å². The van der Waals surface area contributed by atoms with Crippen molar-refractivity contribution in [2.75, 3.05) is 0 Å². The molecule has 0 fully saturated rings. The predicted octanol–water partition coefficient (Wildman–Crippen LogP) is 5.17. The summed E-state index contributed by atoms with van der Waals surface area (Å²) in [6.07, 6.45) is 3.48. The third-order valence-corrected chi connectivity index (χ3v) is 4.87. The summed E-state index contributed by atoms with van der Waals surface area (Å²) in [6, 6.07) is 28.7. The Balaban J connectivity index is 1.35. The second kappa shape index (κ2) is 10.8. The minimum Gasteiger partial charge on any atom is -0.489 e. The van der Waals surface area contributed by atoms with Crippen molar-refractivity contribution >= 4 is 5.91 Å². The maximum absolute atomic E-state index is 12.7. The number of amides is 1. The van der Waals surface area contributed by atoms with Crippen LogP contribution in [0, 0.1) is 0 Å². The number of para-hydroxylation sites is 1. The van der Waals surface area contributed by atoms with Gasteiger partial charge in [0.1, 0.15) is 24.7 Å². The summed E-state index contributed by atoms with van der Waals surface area (Å²) in [5, 5.41) is 2.97. The van der Waals surface area contributed by atoms with E-state index in [0.717, 1.165) is 22.4 Å². The fourth-order valence-corrected chi connectivity index (χ4v) is 3.18. The maximum Gasteiger partial charge on any atom is 0.251 e. The van der Waals surface area contributed by atoms with E-state index in [2.05, 4.69) is 10.3 Å². The first kappa shape index (κ1) is 21.1. The van der Waals surface area contributed by atoms with Crippen LogP contribution in [0.4, 0.5) is 0 Å². The SMILES string of the molecule is O=C(NCc1ccccc1OCc1ccccc1)c1cccc(OCc2cccnc2)c1. The number of aromatic nitrogens is 1. The fraction of sp³-hybridized carbons (Fsp3) is 0.111. The van der Waals surface area contributed by atoms with E-state index in [1.807, 2.05) is 78.9 Å². The van der Waals surface area contributed by atoms with Gasteiger partial charge in [0.15, 0.2) is 0 Å². The van der Waals surface area contributed by atoms with E-state index in [4.69, 9.17) is 9.47 Å². The van der Waals surface area contributed by atoms with Crippen LogP contribution in [0.15, 0.2) is 103 Å². The Kier molecular flexibility index (Phi) is 7.11. The molecular weight excluding hydrogens is 400 g/mol. The summed E-state index contributed by atoms with van der Waals surface area (Å²) >= 11 is 0. The van der Waals surface area contributed by atoms with Crippen LogP contribution in [0.5, 0.6) is 11.5 Å². The Labute approximate surface area is 187 Å². The monoisotopic (exact) mass is 424 g/mol. The number of benzene rings is 3. The first-order chi connectivity index (χ1) is 15.8. The minimum absolute atomic E-state index is 0.172. The number of nitrogens with zero attached hydrogens (tertiary/aromatic N) is 1. The lowest BCUT2D eigenvalue weighted by Crippen LogP contribution is -2.23. The molecular formula is C27H24N2O3. The average molecular weight is 425 g/mol. The van der Waals surface area contributed by atoms with Crippen LogP contribution < -0.4 is 14.8 Å². The summed E-state index contributed by atoms with van der Waals surface area (Å²) in [6.45, 7) is 1.23. The molecule has 32 heavy (non-hydrogen) atoms. The van der Waals surface area contributed by atoms with Gasteiger partial charge in [-0.1, -0.05) is 60.7 Å². The van der Waals surface area contributed by atoms with Crippen molar-refractivity contribution in [1.82, 2.24) is 10.3 Å². The molecule has 5 heteroatoms. The highest BCUT2D eigenvalue weighted by Gasteiger charge is 2.09. The smallest absolute Gasteiger partial charge is 0.251 e. The van der Waals surface area contributed by atoms with Gasteiger partial charge in [-0.15, -0.1) is 0 Å². The highest BCUT2D eigenvalue weighted by Crippen LogP contribution is 2.20. The number of carbonyl (C=O) groups excluding carboxylic acids is 1. The Hall–Kier alpha value is -4.12. The van der Waals surface area contributed by atoms with Crippen molar-refractivity contribution in [3.05, 3.63) is 126 Å². The Morgan fingerprint density at radius 1 is 0.781 bits per heavy atom. The molecule has 0 unspecified atom stereocenters. The van der Waals surface area contributed by atoms with Gasteiger partial charge in [-0.2, -0.15) is 0 Å². The second-order valence-corrected chi connectivity index (χ2v) is 7.24. The topological polar surface area (TPSA) is 60.5 Å². The van der Waals surface area contributed by atoms with Gasteiger partial charge in [0, 0.05) is 35.6 Å². The van der Waals surface area contributed by atoms with E-state index < -0.39 is 0 Å². The zero-order valence-corrected chi connectivity index (χ0v) is 17.6. The molecule has 5 nitrogen and oxygen atoms in total. The normalized spacial score (nSPS) is 10.4. The number of hydrogen-bond acceptors (Lipinski definition) is 4. The number of rotatable bonds is 9. The molecule has 4 aromatic rings. The molecule has 1 N–H and O–H groups in total. The van der Waals surface area contributed by atoms with Crippen LogP contribution in [0.3, 0.4) is 0 Å². The minimum atomic E-state index is -0.172. The summed E-state index contributed by atoms with van der Waals surface area (Å²) in [7, 11) is 0. The molecule has 160 valence electrons. The molecule has 0 bridgehead atoms. The predicted molar refractivity (Wildman–Crippen MR) is 123 cm³/mol. The number of nitrogens with one attached hydrogen (secondary N) is 1. The number of pyridine rings is 1. The molecule has 0 aliphatic carbocycles. The number of carbonyl (C=O) groups is 1. The van der Waals surface area contributed by atoms with Gasteiger partial charge >= 0.3 is 0 Å². The Bertz CT molecular complexity index is 1150. The molecule has 0 saturated heterocycles. The summed E-state index contributed by atoms with van der Waals surface area (Å²) in [5.74, 6) is 1.22. The van der Waals surface area contributed by atoms with E-state index in [-0.39, 0.29) is 5.91 Å². The Morgan fingerprint density at radius 2 is 1.56 bits per heavy atom. The number of hydrogen-bond donors (Lipinski definition) is 1. The molecule has 0 spiro atoms. The van der Waals surface area contributed by atoms with Gasteiger partial charge in [0.25, 0.3) is 5.91 Å². The van der Waals surface area contributed by atoms with Crippen molar-refractivity contribution < 1.29 is 14.3 Å². The largest absolute Gasteiger partial charge is 0.489 e. The van der Waals surface area contributed by atoms with Crippen molar-refractivity contribution in [3.8, 4) is 11.5 Å². The highest BCUT2D eigenvalue weighted by molar-refractivity contribution is 5.94.